The molecule has 3 aromatic rings. The van der Waals surface area contributed by atoms with Gasteiger partial charge in [-0.2, -0.15) is 0 Å². The first kappa shape index (κ1) is 21.6. The van der Waals surface area contributed by atoms with Crippen LogP contribution in [-0.2, 0) is 0 Å². The number of thioether (sulfide) groups is 1. The van der Waals surface area contributed by atoms with E-state index in [9.17, 15) is 15.3 Å². The Labute approximate surface area is 190 Å². The van der Waals surface area contributed by atoms with Crippen LogP contribution in [-0.4, -0.2) is 70.4 Å². The molecule has 5 rings (SSSR count). The molecule has 0 bridgehead atoms. The Hall–Kier alpha value is -2.27. The quantitative estimate of drug-likeness (QED) is 0.312. The van der Waals surface area contributed by atoms with Crippen molar-refractivity contribution < 1.29 is 15.3 Å². The van der Waals surface area contributed by atoms with Crippen LogP contribution in [0.5, 0.6) is 0 Å². The van der Waals surface area contributed by atoms with Gasteiger partial charge >= 0.3 is 0 Å². The number of benzene rings is 1. The van der Waals surface area contributed by atoms with Crippen LogP contribution in [0.3, 0.4) is 0 Å². The van der Waals surface area contributed by atoms with Crippen LogP contribution < -0.4 is 5.32 Å². The van der Waals surface area contributed by atoms with E-state index in [-0.39, 0.29) is 12.5 Å². The van der Waals surface area contributed by atoms with Crippen molar-refractivity contribution in [1.29, 1.82) is 0 Å². The molecular weight excluding hydrogens is 428 g/mol. The van der Waals surface area contributed by atoms with E-state index in [0.717, 1.165) is 18.6 Å². The van der Waals surface area contributed by atoms with Gasteiger partial charge in [-0.1, -0.05) is 53.7 Å². The smallest absolute Gasteiger partial charge is 0.191 e. The van der Waals surface area contributed by atoms with Crippen LogP contribution in [0.2, 0.25) is 0 Å². The van der Waals surface area contributed by atoms with Gasteiger partial charge in [-0.15, -0.1) is 5.10 Å². The fraction of sp³-hybridized carbons (Fsp3) is 0.545. The molecule has 1 aromatic carbocycles. The Balaban J connectivity index is 1.45. The lowest BCUT2D eigenvalue weighted by molar-refractivity contribution is -0.0253. The van der Waals surface area contributed by atoms with Gasteiger partial charge in [0, 0.05) is 24.1 Å². The van der Waals surface area contributed by atoms with Crippen LogP contribution in [0.1, 0.15) is 49.3 Å². The van der Waals surface area contributed by atoms with Crippen molar-refractivity contribution >= 4 is 28.7 Å². The van der Waals surface area contributed by atoms with E-state index in [1.807, 2.05) is 0 Å². The van der Waals surface area contributed by atoms with Gasteiger partial charge in [0.2, 0.25) is 0 Å². The predicted octanol–water partition coefficient (Wildman–Crippen LogP) is 2.03. The van der Waals surface area contributed by atoms with E-state index in [0.29, 0.717) is 28.1 Å². The summed E-state index contributed by atoms with van der Waals surface area (Å²) in [5, 5.41) is 43.1. The minimum absolute atomic E-state index is 0.184. The molecule has 0 aliphatic heterocycles. The lowest BCUT2D eigenvalue weighted by Crippen LogP contribution is -2.31. The topological polar surface area (TPSA) is 129 Å². The summed E-state index contributed by atoms with van der Waals surface area (Å²) in [6.45, 7) is 4.19. The van der Waals surface area contributed by atoms with E-state index >= 15 is 0 Å². The molecule has 0 amide bonds. The van der Waals surface area contributed by atoms with Crippen molar-refractivity contribution in [3.63, 3.8) is 0 Å². The second-order valence-corrected chi connectivity index (χ2v) is 9.83. The Kier molecular flexibility index (Phi) is 5.79. The van der Waals surface area contributed by atoms with Gasteiger partial charge in [0.25, 0.3) is 0 Å². The summed E-state index contributed by atoms with van der Waals surface area (Å²) in [5.74, 6) is 1.93. The first-order valence-corrected chi connectivity index (χ1v) is 12.1. The monoisotopic (exact) mass is 456 g/mol. The SMILES string of the molecule is CCCSc1nc(NC2CC2c2ccc(C)cc2)c2nnn([C@H]3C[C@@H](O)[C@H](O)[C@@H]3O)c2n1. The molecule has 2 heterocycles. The zero-order valence-corrected chi connectivity index (χ0v) is 18.9. The molecule has 4 N–H and O–H groups in total. The van der Waals surface area contributed by atoms with Crippen molar-refractivity contribution in [3.05, 3.63) is 35.4 Å². The van der Waals surface area contributed by atoms with E-state index in [1.54, 1.807) is 11.8 Å². The van der Waals surface area contributed by atoms with Crippen LogP contribution in [0, 0.1) is 6.92 Å². The average Bonchev–Trinajstić information content (AvgIpc) is 3.34. The molecule has 32 heavy (non-hydrogen) atoms. The summed E-state index contributed by atoms with van der Waals surface area (Å²) in [6, 6.07) is 8.27. The maximum Gasteiger partial charge on any atom is 0.191 e. The standard InChI is InChI=1S/C22H28N6O3S/c1-3-8-32-22-24-20(23-14-9-13(14)12-6-4-11(2)5-7-12)17-21(25-22)28(27-26-17)15-10-16(29)19(31)18(15)30/h4-7,13-16,18-19,29-31H,3,8-10H2,1-2H3,(H,23,24,25)/t13?,14?,15-,16+,18+,19-/m0/s1. The molecule has 2 aliphatic rings. The van der Waals surface area contributed by atoms with Gasteiger partial charge in [0.05, 0.1) is 12.1 Å². The number of rotatable bonds is 7. The van der Waals surface area contributed by atoms with Gasteiger partial charge in [-0.25, -0.2) is 14.6 Å². The van der Waals surface area contributed by atoms with E-state index in [2.05, 4.69) is 58.7 Å². The fourth-order valence-corrected chi connectivity index (χ4v) is 5.02. The van der Waals surface area contributed by atoms with Gasteiger partial charge in [-0.3, -0.25) is 0 Å². The Bertz CT molecular complexity index is 1110. The lowest BCUT2D eigenvalue weighted by atomic mass is 10.1. The second kappa shape index (κ2) is 8.58. The summed E-state index contributed by atoms with van der Waals surface area (Å²) in [5.41, 5.74) is 3.58. The molecular formula is C22H28N6O3S. The molecule has 0 spiro atoms. The van der Waals surface area contributed by atoms with Crippen molar-refractivity contribution in [2.75, 3.05) is 11.1 Å². The van der Waals surface area contributed by atoms with E-state index < -0.39 is 24.4 Å². The molecule has 0 saturated heterocycles. The Morgan fingerprint density at radius 1 is 1.09 bits per heavy atom. The number of aryl methyl sites for hydroxylation is 1. The minimum Gasteiger partial charge on any atom is -0.390 e. The van der Waals surface area contributed by atoms with Gasteiger partial charge < -0.3 is 20.6 Å². The Morgan fingerprint density at radius 3 is 2.56 bits per heavy atom. The molecule has 2 saturated carbocycles. The molecule has 6 atom stereocenters. The van der Waals surface area contributed by atoms with Crippen molar-refractivity contribution in [3.8, 4) is 0 Å². The second-order valence-electron chi connectivity index (χ2n) is 8.76. The highest BCUT2D eigenvalue weighted by Gasteiger charge is 2.43. The van der Waals surface area contributed by atoms with Crippen LogP contribution >= 0.6 is 11.8 Å². The van der Waals surface area contributed by atoms with E-state index in [4.69, 9.17) is 4.98 Å². The third-order valence-electron chi connectivity index (χ3n) is 6.29. The molecule has 2 fully saturated rings. The third-order valence-corrected chi connectivity index (χ3v) is 7.35. The molecule has 0 radical (unpaired) electrons. The average molecular weight is 457 g/mol. The number of aromatic nitrogens is 5. The number of nitrogens with one attached hydrogen (secondary N) is 1. The lowest BCUT2D eigenvalue weighted by Gasteiger charge is -2.16. The fourth-order valence-electron chi connectivity index (χ4n) is 4.33. The third kappa shape index (κ3) is 3.96. The van der Waals surface area contributed by atoms with Crippen molar-refractivity contribution in [1.82, 2.24) is 25.0 Å². The van der Waals surface area contributed by atoms with Crippen molar-refractivity contribution in [2.45, 2.75) is 74.6 Å². The highest BCUT2D eigenvalue weighted by atomic mass is 32.2. The minimum atomic E-state index is -1.21. The summed E-state index contributed by atoms with van der Waals surface area (Å²) in [4.78, 5) is 9.37. The van der Waals surface area contributed by atoms with Crippen LogP contribution in [0.25, 0.3) is 11.2 Å². The van der Waals surface area contributed by atoms with Gasteiger partial charge in [0.1, 0.15) is 12.2 Å². The molecule has 2 aliphatic carbocycles. The van der Waals surface area contributed by atoms with Crippen LogP contribution in [0.4, 0.5) is 5.82 Å². The molecule has 9 nitrogen and oxygen atoms in total. The highest BCUT2D eigenvalue weighted by molar-refractivity contribution is 7.99. The number of hydrogen-bond donors (Lipinski definition) is 4. The zero-order valence-electron chi connectivity index (χ0n) is 18.1. The summed E-state index contributed by atoms with van der Waals surface area (Å²) in [6.07, 6.45) is -1.17. The van der Waals surface area contributed by atoms with Gasteiger partial charge in [-0.05, 0) is 25.3 Å². The molecule has 10 heteroatoms. The number of aliphatic hydroxyl groups excluding tert-OH is 3. The summed E-state index contributed by atoms with van der Waals surface area (Å²) in [7, 11) is 0. The number of anilines is 1. The number of fused-ring (bicyclic) bond motifs is 1. The Morgan fingerprint density at radius 2 is 1.88 bits per heavy atom. The van der Waals surface area contributed by atoms with Crippen LogP contribution in [0.15, 0.2) is 29.4 Å². The molecule has 170 valence electrons. The predicted molar refractivity (Wildman–Crippen MR) is 122 cm³/mol. The van der Waals surface area contributed by atoms with Crippen molar-refractivity contribution in [2.24, 2.45) is 0 Å². The maximum absolute atomic E-state index is 10.4. The first-order valence-electron chi connectivity index (χ1n) is 11.1. The number of nitrogens with zero attached hydrogens (tertiary/aromatic N) is 5. The van der Waals surface area contributed by atoms with Gasteiger partial charge in [0.15, 0.2) is 22.1 Å². The number of aliphatic hydroxyl groups is 3. The molecule has 2 unspecified atom stereocenters. The van der Waals surface area contributed by atoms with E-state index in [1.165, 1.54) is 15.8 Å². The first-order chi connectivity index (χ1) is 15.5. The largest absolute Gasteiger partial charge is 0.390 e. The normalized spacial score (nSPS) is 29.5. The summed E-state index contributed by atoms with van der Waals surface area (Å²) < 4.78 is 1.52. The maximum atomic E-state index is 10.4. The molecule has 2 aromatic heterocycles. The highest BCUT2D eigenvalue weighted by Crippen LogP contribution is 2.43. The number of hydrogen-bond acceptors (Lipinski definition) is 9. The summed E-state index contributed by atoms with van der Waals surface area (Å²) >= 11 is 1.56. The zero-order chi connectivity index (χ0) is 22.4.